The number of nitrogens with one attached hydrogen (secondary N) is 1. The van der Waals surface area contributed by atoms with E-state index in [1.807, 2.05) is 6.92 Å². The van der Waals surface area contributed by atoms with Crippen LogP contribution in [-0.4, -0.2) is 11.9 Å². The van der Waals surface area contributed by atoms with E-state index in [9.17, 15) is 4.79 Å². The van der Waals surface area contributed by atoms with Gasteiger partial charge in [-0.1, -0.05) is 18.9 Å². The van der Waals surface area contributed by atoms with Crippen LogP contribution in [0.3, 0.4) is 0 Å². The van der Waals surface area contributed by atoms with Gasteiger partial charge in [0, 0.05) is 12.1 Å². The summed E-state index contributed by atoms with van der Waals surface area (Å²) in [4.78, 5) is 11.2. The van der Waals surface area contributed by atoms with Crippen molar-refractivity contribution < 1.29 is 4.79 Å². The third-order valence-electron chi connectivity index (χ3n) is 1.95. The molecule has 1 fully saturated rings. The highest BCUT2D eigenvalue weighted by Crippen LogP contribution is 2.18. The molecule has 0 spiro atoms. The van der Waals surface area contributed by atoms with E-state index >= 15 is 0 Å². The van der Waals surface area contributed by atoms with Crippen LogP contribution in [0.4, 0.5) is 0 Å². The number of carbonyl (C=O) groups is 1. The molecule has 12 heavy (non-hydrogen) atoms. The Labute approximate surface area is 74.0 Å². The monoisotopic (exact) mass is 167 g/mol. The fourth-order valence-corrected chi connectivity index (χ4v) is 1.16. The molecule has 1 N–H and O–H groups in total. The largest absolute Gasteiger partial charge is 0.350 e. The van der Waals surface area contributed by atoms with E-state index in [1.54, 1.807) is 6.08 Å². The lowest BCUT2D eigenvalue weighted by Gasteiger charge is -1.99. The Hall–Kier alpha value is -0.790. The first-order valence-corrected chi connectivity index (χ1v) is 4.70. The molecule has 2 nitrogen and oxygen atoms in total. The van der Waals surface area contributed by atoms with Gasteiger partial charge < -0.3 is 5.32 Å². The molecular formula is C10H17NO. The van der Waals surface area contributed by atoms with E-state index in [-0.39, 0.29) is 5.91 Å². The highest BCUT2D eigenvalue weighted by Gasteiger charge is 2.22. The first kappa shape index (κ1) is 9.30. The Bertz CT molecular complexity index is 192. The summed E-state index contributed by atoms with van der Waals surface area (Å²) in [6.45, 7) is 4.13. The summed E-state index contributed by atoms with van der Waals surface area (Å²) >= 11 is 0. The summed E-state index contributed by atoms with van der Waals surface area (Å²) in [6, 6.07) is 0.475. The molecule has 0 atom stereocenters. The molecule has 0 bridgehead atoms. The van der Waals surface area contributed by atoms with Gasteiger partial charge in [-0.05, 0) is 26.2 Å². The van der Waals surface area contributed by atoms with Crippen molar-refractivity contribution >= 4 is 5.91 Å². The van der Waals surface area contributed by atoms with Crippen molar-refractivity contribution in [1.82, 2.24) is 5.32 Å². The smallest absolute Gasteiger partial charge is 0.244 e. The Morgan fingerprint density at radius 3 is 2.75 bits per heavy atom. The Morgan fingerprint density at radius 1 is 1.58 bits per heavy atom. The van der Waals surface area contributed by atoms with Crippen molar-refractivity contribution in [1.29, 1.82) is 0 Å². The van der Waals surface area contributed by atoms with E-state index in [0.29, 0.717) is 6.04 Å². The number of allylic oxidation sites excluding steroid dienone is 1. The maximum atomic E-state index is 11.2. The molecule has 1 aliphatic rings. The standard InChI is InChI=1S/C10H17NO/c1-3-4-8(2)7-10(12)11-9-5-6-9/h7,9H,3-6H2,1-2H3,(H,11,12)/b8-7+. The zero-order valence-electron chi connectivity index (χ0n) is 7.89. The Balaban J connectivity index is 2.25. The van der Waals surface area contributed by atoms with E-state index in [4.69, 9.17) is 0 Å². The van der Waals surface area contributed by atoms with Gasteiger partial charge in [-0.3, -0.25) is 4.79 Å². The molecule has 0 unspecified atom stereocenters. The molecule has 0 aromatic rings. The average molecular weight is 167 g/mol. The van der Waals surface area contributed by atoms with Crippen molar-refractivity contribution in [2.75, 3.05) is 0 Å². The molecule has 2 heteroatoms. The van der Waals surface area contributed by atoms with Crippen LogP contribution < -0.4 is 5.32 Å². The molecule has 0 heterocycles. The Kier molecular flexibility index (Phi) is 3.32. The summed E-state index contributed by atoms with van der Waals surface area (Å²) in [5.74, 6) is 0.0865. The third-order valence-corrected chi connectivity index (χ3v) is 1.95. The van der Waals surface area contributed by atoms with Gasteiger partial charge in [0.1, 0.15) is 0 Å². The summed E-state index contributed by atoms with van der Waals surface area (Å²) in [7, 11) is 0. The minimum absolute atomic E-state index is 0.0865. The van der Waals surface area contributed by atoms with E-state index < -0.39 is 0 Å². The molecule has 68 valence electrons. The summed E-state index contributed by atoms with van der Waals surface area (Å²) in [6.07, 6.45) is 6.18. The lowest BCUT2D eigenvalue weighted by Crippen LogP contribution is -2.23. The van der Waals surface area contributed by atoms with Gasteiger partial charge in [0.15, 0.2) is 0 Å². The maximum absolute atomic E-state index is 11.2. The summed E-state index contributed by atoms with van der Waals surface area (Å²) in [5, 5.41) is 2.93. The van der Waals surface area contributed by atoms with Crippen molar-refractivity contribution in [2.24, 2.45) is 0 Å². The predicted octanol–water partition coefficient (Wildman–Crippen LogP) is 2.01. The topological polar surface area (TPSA) is 29.1 Å². The second kappa shape index (κ2) is 4.29. The van der Waals surface area contributed by atoms with Gasteiger partial charge in [-0.2, -0.15) is 0 Å². The van der Waals surface area contributed by atoms with E-state index in [1.165, 1.54) is 5.57 Å². The quantitative estimate of drug-likeness (QED) is 0.638. The summed E-state index contributed by atoms with van der Waals surface area (Å²) in [5.41, 5.74) is 1.18. The molecule has 1 aliphatic carbocycles. The van der Waals surface area contributed by atoms with Gasteiger partial charge in [0.2, 0.25) is 5.91 Å². The highest BCUT2D eigenvalue weighted by atomic mass is 16.1. The average Bonchev–Trinajstić information content (AvgIpc) is 2.71. The SMILES string of the molecule is CCC/C(C)=C/C(=O)NC1CC1. The van der Waals surface area contributed by atoms with Gasteiger partial charge in [-0.15, -0.1) is 0 Å². The number of rotatable bonds is 4. The van der Waals surface area contributed by atoms with Gasteiger partial charge in [-0.25, -0.2) is 0 Å². The molecule has 1 rings (SSSR count). The lowest BCUT2D eigenvalue weighted by atomic mass is 10.1. The molecule has 0 radical (unpaired) electrons. The van der Waals surface area contributed by atoms with E-state index in [0.717, 1.165) is 25.7 Å². The molecule has 0 aliphatic heterocycles. The van der Waals surface area contributed by atoms with Crippen LogP contribution in [0.1, 0.15) is 39.5 Å². The minimum Gasteiger partial charge on any atom is -0.350 e. The van der Waals surface area contributed by atoms with Crippen LogP contribution in [-0.2, 0) is 4.79 Å². The van der Waals surface area contributed by atoms with Crippen LogP contribution in [0.15, 0.2) is 11.6 Å². The van der Waals surface area contributed by atoms with Crippen LogP contribution in [0.2, 0.25) is 0 Å². The lowest BCUT2D eigenvalue weighted by molar-refractivity contribution is -0.116. The summed E-state index contributed by atoms with van der Waals surface area (Å²) < 4.78 is 0. The van der Waals surface area contributed by atoms with Crippen LogP contribution in [0.25, 0.3) is 0 Å². The molecule has 1 saturated carbocycles. The first-order chi connectivity index (χ1) is 5.72. The first-order valence-electron chi connectivity index (χ1n) is 4.70. The molecule has 0 saturated heterocycles. The van der Waals surface area contributed by atoms with Crippen molar-refractivity contribution in [3.8, 4) is 0 Å². The third kappa shape index (κ3) is 3.56. The van der Waals surface area contributed by atoms with Crippen molar-refractivity contribution in [3.05, 3.63) is 11.6 Å². The second-order valence-electron chi connectivity index (χ2n) is 3.52. The van der Waals surface area contributed by atoms with Crippen LogP contribution >= 0.6 is 0 Å². The number of hydrogen-bond donors (Lipinski definition) is 1. The number of hydrogen-bond acceptors (Lipinski definition) is 1. The molecule has 1 amide bonds. The van der Waals surface area contributed by atoms with Gasteiger partial charge >= 0.3 is 0 Å². The van der Waals surface area contributed by atoms with Gasteiger partial charge in [0.05, 0.1) is 0 Å². The Morgan fingerprint density at radius 2 is 2.25 bits per heavy atom. The zero-order chi connectivity index (χ0) is 8.97. The predicted molar refractivity (Wildman–Crippen MR) is 49.8 cm³/mol. The highest BCUT2D eigenvalue weighted by molar-refractivity contribution is 5.88. The zero-order valence-corrected chi connectivity index (χ0v) is 7.89. The fraction of sp³-hybridized carbons (Fsp3) is 0.700. The normalized spacial score (nSPS) is 17.7. The minimum atomic E-state index is 0.0865. The maximum Gasteiger partial charge on any atom is 0.244 e. The number of carbonyl (C=O) groups excluding carboxylic acids is 1. The number of amides is 1. The molecular weight excluding hydrogens is 150 g/mol. The molecule has 0 aromatic heterocycles. The van der Waals surface area contributed by atoms with Crippen molar-refractivity contribution in [3.63, 3.8) is 0 Å². The van der Waals surface area contributed by atoms with Crippen LogP contribution in [0, 0.1) is 0 Å². The fourth-order valence-electron chi connectivity index (χ4n) is 1.16. The van der Waals surface area contributed by atoms with Crippen LogP contribution in [0.5, 0.6) is 0 Å². The van der Waals surface area contributed by atoms with Crippen molar-refractivity contribution in [2.45, 2.75) is 45.6 Å². The molecule has 0 aromatic carbocycles. The van der Waals surface area contributed by atoms with Gasteiger partial charge in [0.25, 0.3) is 0 Å². The van der Waals surface area contributed by atoms with E-state index in [2.05, 4.69) is 12.2 Å². The second-order valence-corrected chi connectivity index (χ2v) is 3.52.